The van der Waals surface area contributed by atoms with E-state index in [9.17, 15) is 9.59 Å². The Labute approximate surface area is 233 Å². The molecule has 4 N–H and O–H groups in total. The first-order valence-electron chi connectivity index (χ1n) is 11.3. The minimum atomic E-state index is -1.79. The molecule has 0 bridgehead atoms. The molecule has 2 aromatic carbocycles. The normalized spacial score (nSPS) is 11.8. The van der Waals surface area contributed by atoms with Crippen LogP contribution < -0.4 is 20.1 Å². The lowest BCUT2D eigenvalue weighted by molar-refractivity contribution is -0.144. The van der Waals surface area contributed by atoms with Crippen LogP contribution in [0.4, 0.5) is 14.9 Å². The zero-order valence-corrected chi connectivity index (χ0v) is 22.8. The first-order chi connectivity index (χ1) is 18.0. The van der Waals surface area contributed by atoms with Gasteiger partial charge in [0, 0.05) is 22.9 Å². The summed E-state index contributed by atoms with van der Waals surface area (Å²) in [7, 11) is 0. The van der Waals surface area contributed by atoms with Crippen molar-refractivity contribution in [3.8, 4) is 11.5 Å². The Kier molecular flexibility index (Phi) is 12.2. The third-order valence-corrected chi connectivity index (χ3v) is 4.95. The van der Waals surface area contributed by atoms with Crippen molar-refractivity contribution < 1.29 is 38.0 Å². The number of amides is 1. The molecule has 0 fully saturated rings. The molecular formula is C24H27Cl3FN3O7. The third-order valence-electron chi connectivity index (χ3n) is 4.62. The number of amidine groups is 1. The third kappa shape index (κ3) is 9.71. The number of rotatable bonds is 12. The van der Waals surface area contributed by atoms with Crippen molar-refractivity contribution in [2.75, 3.05) is 38.4 Å². The van der Waals surface area contributed by atoms with Gasteiger partial charge in [-0.15, -0.1) is 0 Å². The smallest absolute Gasteiger partial charge is 0.412 e. The van der Waals surface area contributed by atoms with Gasteiger partial charge in [0.1, 0.15) is 24.9 Å². The van der Waals surface area contributed by atoms with Gasteiger partial charge in [0.2, 0.25) is 3.79 Å². The average Bonchev–Trinajstić information content (AvgIpc) is 2.86. The lowest BCUT2D eigenvalue weighted by atomic mass is 10.0. The maximum Gasteiger partial charge on any atom is 0.412 e. The molecule has 1 amide bonds. The van der Waals surface area contributed by atoms with Crippen LogP contribution in [-0.2, 0) is 14.3 Å². The molecule has 38 heavy (non-hydrogen) atoms. The molecule has 0 radical (unpaired) electrons. The molecule has 1 atom stereocenters. The molecule has 14 heteroatoms. The second-order valence-corrected chi connectivity index (χ2v) is 9.94. The van der Waals surface area contributed by atoms with Crippen LogP contribution in [0.25, 0.3) is 0 Å². The average molecular weight is 595 g/mol. The predicted molar refractivity (Wildman–Crippen MR) is 141 cm³/mol. The standard InChI is InChI=1S/C24H27Cl3FN3O7/c1-3-35-18-11-16(17(28)12-19(18)37-10-9-32)20(22(33)36-4-2)30-15-7-5-14(6-8-15)21(29)31-23(34)38-13-24(25,26)27/h5-8,11-12,20,30,32H,3-4,9-10,13H2,1-2H3,(H2,29,31,34). The zero-order valence-electron chi connectivity index (χ0n) is 20.5. The molecule has 208 valence electrons. The minimum absolute atomic E-state index is 0.0570. The van der Waals surface area contributed by atoms with Crippen molar-refractivity contribution in [3.63, 3.8) is 0 Å². The van der Waals surface area contributed by atoms with E-state index in [4.69, 9.17) is 64.3 Å². The summed E-state index contributed by atoms with van der Waals surface area (Å²) < 4.78 is 34.1. The summed E-state index contributed by atoms with van der Waals surface area (Å²) >= 11 is 16.6. The van der Waals surface area contributed by atoms with E-state index < -0.39 is 34.3 Å². The van der Waals surface area contributed by atoms with E-state index >= 15 is 4.39 Å². The molecule has 0 aliphatic heterocycles. The number of alkyl carbamates (subject to hydrolysis) is 1. The van der Waals surface area contributed by atoms with Crippen LogP contribution in [0.1, 0.15) is 31.0 Å². The van der Waals surface area contributed by atoms with E-state index in [1.165, 1.54) is 30.3 Å². The SMILES string of the molecule is CCOC(=O)C(Nc1ccc(C(=N)NC(=O)OCC(Cl)(Cl)Cl)cc1)c1cc(OCC)c(OCCO)cc1F. The number of carbonyl (C=O) groups is 2. The Hall–Kier alpha value is -2.99. The van der Waals surface area contributed by atoms with Crippen molar-refractivity contribution in [2.45, 2.75) is 23.7 Å². The van der Waals surface area contributed by atoms with E-state index in [0.29, 0.717) is 11.3 Å². The van der Waals surface area contributed by atoms with Crippen LogP contribution in [-0.4, -0.2) is 59.8 Å². The van der Waals surface area contributed by atoms with Crippen molar-refractivity contribution >= 4 is 58.4 Å². The van der Waals surface area contributed by atoms with Gasteiger partial charge in [-0.3, -0.25) is 10.7 Å². The van der Waals surface area contributed by atoms with Gasteiger partial charge in [-0.2, -0.15) is 0 Å². The number of aliphatic hydroxyl groups is 1. The van der Waals surface area contributed by atoms with Gasteiger partial charge in [-0.1, -0.05) is 34.8 Å². The van der Waals surface area contributed by atoms with E-state index in [1.54, 1.807) is 13.8 Å². The zero-order chi connectivity index (χ0) is 28.3. The number of alkyl halides is 3. The maximum atomic E-state index is 15.1. The number of anilines is 1. The quantitative estimate of drug-likeness (QED) is 0.120. The highest BCUT2D eigenvalue weighted by molar-refractivity contribution is 6.67. The highest BCUT2D eigenvalue weighted by Crippen LogP contribution is 2.35. The summed E-state index contributed by atoms with van der Waals surface area (Å²) in [5.74, 6) is -1.54. The molecule has 0 aliphatic carbocycles. The van der Waals surface area contributed by atoms with E-state index in [2.05, 4.69) is 10.6 Å². The number of hydrogen-bond donors (Lipinski definition) is 4. The van der Waals surface area contributed by atoms with Crippen molar-refractivity contribution in [2.24, 2.45) is 0 Å². The van der Waals surface area contributed by atoms with Gasteiger partial charge in [0.25, 0.3) is 0 Å². The van der Waals surface area contributed by atoms with E-state index in [1.807, 2.05) is 0 Å². The summed E-state index contributed by atoms with van der Waals surface area (Å²) in [6.45, 7) is 2.80. The number of benzene rings is 2. The Morgan fingerprint density at radius 1 is 1.05 bits per heavy atom. The second kappa shape index (κ2) is 14.8. The highest BCUT2D eigenvalue weighted by atomic mass is 35.6. The van der Waals surface area contributed by atoms with Crippen LogP contribution in [0.15, 0.2) is 36.4 Å². The molecule has 0 spiro atoms. The molecule has 0 saturated carbocycles. The maximum absolute atomic E-state index is 15.1. The van der Waals surface area contributed by atoms with Crippen molar-refractivity contribution in [3.05, 3.63) is 53.3 Å². The van der Waals surface area contributed by atoms with Gasteiger partial charge in [0.05, 0.1) is 19.8 Å². The summed E-state index contributed by atoms with van der Waals surface area (Å²) in [5.41, 5.74) is 0.624. The van der Waals surface area contributed by atoms with Gasteiger partial charge in [-0.05, 0) is 44.2 Å². The number of ether oxygens (including phenoxy) is 4. The second-order valence-electron chi connectivity index (χ2n) is 7.42. The summed E-state index contributed by atoms with van der Waals surface area (Å²) in [5, 5.41) is 22.2. The predicted octanol–water partition coefficient (Wildman–Crippen LogP) is 4.73. The fraction of sp³-hybridized carbons (Fsp3) is 0.375. The molecule has 0 heterocycles. The molecule has 0 aliphatic rings. The molecule has 10 nitrogen and oxygen atoms in total. The fourth-order valence-corrected chi connectivity index (χ4v) is 3.22. The first kappa shape index (κ1) is 31.2. The topological polar surface area (TPSA) is 139 Å². The van der Waals surface area contributed by atoms with Crippen LogP contribution in [0.2, 0.25) is 0 Å². The Morgan fingerprint density at radius 2 is 1.71 bits per heavy atom. The number of carbonyl (C=O) groups excluding carboxylic acids is 2. The van der Waals surface area contributed by atoms with Gasteiger partial charge >= 0.3 is 12.1 Å². The lowest BCUT2D eigenvalue weighted by Gasteiger charge is -2.21. The van der Waals surface area contributed by atoms with Crippen LogP contribution in [0.3, 0.4) is 0 Å². The van der Waals surface area contributed by atoms with Crippen LogP contribution in [0, 0.1) is 11.2 Å². The van der Waals surface area contributed by atoms with Gasteiger partial charge in [0.15, 0.2) is 17.5 Å². The lowest BCUT2D eigenvalue weighted by Crippen LogP contribution is -2.33. The molecule has 0 aromatic heterocycles. The van der Waals surface area contributed by atoms with E-state index in [-0.39, 0.29) is 49.3 Å². The van der Waals surface area contributed by atoms with Gasteiger partial charge < -0.3 is 29.4 Å². The van der Waals surface area contributed by atoms with Crippen LogP contribution in [0.5, 0.6) is 11.5 Å². The Bertz CT molecular complexity index is 1110. The number of esters is 1. The van der Waals surface area contributed by atoms with Crippen molar-refractivity contribution in [1.82, 2.24) is 5.32 Å². The summed E-state index contributed by atoms with van der Waals surface area (Å²) in [6, 6.07) is 7.14. The monoisotopic (exact) mass is 593 g/mol. The number of halogens is 4. The number of hydrogen-bond acceptors (Lipinski definition) is 9. The molecular weight excluding hydrogens is 568 g/mol. The van der Waals surface area contributed by atoms with Crippen molar-refractivity contribution in [1.29, 1.82) is 5.41 Å². The van der Waals surface area contributed by atoms with Gasteiger partial charge in [-0.25, -0.2) is 14.0 Å². The minimum Gasteiger partial charge on any atom is -0.490 e. The summed E-state index contributed by atoms with van der Waals surface area (Å²) in [6.07, 6.45) is -0.988. The first-order valence-corrected chi connectivity index (χ1v) is 12.4. The fourth-order valence-electron chi connectivity index (χ4n) is 3.06. The number of nitrogens with one attached hydrogen (secondary N) is 3. The highest BCUT2D eigenvalue weighted by Gasteiger charge is 2.28. The van der Waals surface area contributed by atoms with E-state index in [0.717, 1.165) is 6.07 Å². The van der Waals surface area contributed by atoms with Crippen LogP contribution >= 0.6 is 34.8 Å². The molecule has 2 aromatic rings. The Balaban J connectivity index is 2.25. The molecule has 0 saturated heterocycles. The molecule has 2 rings (SSSR count). The Morgan fingerprint density at radius 3 is 2.29 bits per heavy atom. The molecule has 1 unspecified atom stereocenters. The number of aliphatic hydroxyl groups excluding tert-OH is 1. The summed E-state index contributed by atoms with van der Waals surface area (Å²) in [4.78, 5) is 24.6. The largest absolute Gasteiger partial charge is 0.490 e.